The van der Waals surface area contributed by atoms with Crippen molar-refractivity contribution < 1.29 is 4.79 Å². The molecule has 0 fully saturated rings. The van der Waals surface area contributed by atoms with E-state index < -0.39 is 0 Å². The Kier molecular flexibility index (Phi) is 3.94. The van der Waals surface area contributed by atoms with Crippen LogP contribution in [0.4, 0.5) is 0 Å². The average Bonchev–Trinajstić information content (AvgIpc) is 2.49. The van der Waals surface area contributed by atoms with Crippen molar-refractivity contribution in [3.8, 4) is 0 Å². The van der Waals surface area contributed by atoms with E-state index in [2.05, 4.69) is 10.3 Å². The summed E-state index contributed by atoms with van der Waals surface area (Å²) in [4.78, 5) is 17.5. The van der Waals surface area contributed by atoms with E-state index in [0.29, 0.717) is 10.7 Å². The van der Waals surface area contributed by atoms with Crippen LogP contribution in [0.1, 0.15) is 28.5 Å². The second-order valence-electron chi connectivity index (χ2n) is 4.56. The number of fused-ring (bicyclic) bond motifs is 1. The summed E-state index contributed by atoms with van der Waals surface area (Å²) < 4.78 is 0. The second-order valence-corrected chi connectivity index (χ2v) is 6.13. The Morgan fingerprint density at radius 1 is 1.35 bits per heavy atom. The fourth-order valence-corrected chi connectivity index (χ4v) is 3.53. The first-order valence-corrected chi connectivity index (χ1v) is 7.74. The van der Waals surface area contributed by atoms with E-state index in [0.717, 1.165) is 17.7 Å². The number of amides is 1. The topological polar surface area (TPSA) is 42.0 Å². The van der Waals surface area contributed by atoms with E-state index in [1.165, 1.54) is 4.90 Å². The number of carbonyl (C=O) groups is 1. The summed E-state index contributed by atoms with van der Waals surface area (Å²) in [5, 5.41) is 3.74. The van der Waals surface area contributed by atoms with Gasteiger partial charge in [-0.05, 0) is 42.3 Å². The third-order valence-corrected chi connectivity index (χ3v) is 4.57. The molecule has 1 aliphatic rings. The van der Waals surface area contributed by atoms with Gasteiger partial charge in [-0.25, -0.2) is 0 Å². The van der Waals surface area contributed by atoms with Crippen LogP contribution >= 0.6 is 23.4 Å². The highest BCUT2D eigenvalue weighted by Crippen LogP contribution is 2.37. The minimum atomic E-state index is -0.145. The molecular formula is C15H13ClN2OS. The lowest BCUT2D eigenvalue weighted by molar-refractivity contribution is 0.0930. The van der Waals surface area contributed by atoms with Crippen molar-refractivity contribution in [2.75, 3.05) is 5.75 Å². The molecule has 1 amide bonds. The third kappa shape index (κ3) is 2.81. The molecule has 1 N–H and O–H groups in total. The van der Waals surface area contributed by atoms with Gasteiger partial charge in [-0.2, -0.15) is 0 Å². The molecule has 102 valence electrons. The standard InChI is InChI=1S/C15H13ClN2OS/c16-10-4-5-14-11(9-10)12(6-8-20-14)18-15(19)13-3-1-2-7-17-13/h1-5,7,9,12H,6,8H2,(H,18,19)/t12-/m1/s1. The highest BCUT2D eigenvalue weighted by molar-refractivity contribution is 7.99. The number of rotatable bonds is 2. The predicted octanol–water partition coefficient (Wildman–Crippen LogP) is 3.70. The summed E-state index contributed by atoms with van der Waals surface area (Å²) in [6, 6.07) is 11.2. The minimum Gasteiger partial charge on any atom is -0.344 e. The van der Waals surface area contributed by atoms with E-state index in [1.807, 2.05) is 24.3 Å². The number of nitrogens with one attached hydrogen (secondary N) is 1. The summed E-state index contributed by atoms with van der Waals surface area (Å²) in [6.45, 7) is 0. The summed E-state index contributed by atoms with van der Waals surface area (Å²) in [5.74, 6) is 0.843. The number of nitrogens with zero attached hydrogens (tertiary/aromatic N) is 1. The van der Waals surface area contributed by atoms with Crippen LogP contribution in [0.5, 0.6) is 0 Å². The van der Waals surface area contributed by atoms with Crippen LogP contribution in [0.15, 0.2) is 47.5 Å². The first kappa shape index (κ1) is 13.5. The van der Waals surface area contributed by atoms with Gasteiger partial charge >= 0.3 is 0 Å². The first-order chi connectivity index (χ1) is 9.74. The predicted molar refractivity (Wildman–Crippen MR) is 81.2 cm³/mol. The molecule has 2 aromatic rings. The van der Waals surface area contributed by atoms with Crippen molar-refractivity contribution in [1.29, 1.82) is 0 Å². The molecule has 1 aromatic carbocycles. The van der Waals surface area contributed by atoms with Gasteiger partial charge in [-0.3, -0.25) is 9.78 Å². The summed E-state index contributed by atoms with van der Waals surface area (Å²) >= 11 is 7.86. The molecule has 1 aromatic heterocycles. The van der Waals surface area contributed by atoms with Gasteiger partial charge in [0.05, 0.1) is 6.04 Å². The Bertz CT molecular complexity index is 633. The van der Waals surface area contributed by atoms with Crippen LogP contribution in [0.25, 0.3) is 0 Å². The molecule has 1 aliphatic heterocycles. The Hall–Kier alpha value is -1.52. The van der Waals surface area contributed by atoms with E-state index in [-0.39, 0.29) is 11.9 Å². The zero-order valence-corrected chi connectivity index (χ0v) is 12.2. The summed E-state index contributed by atoms with van der Waals surface area (Å²) in [6.07, 6.45) is 2.52. The van der Waals surface area contributed by atoms with Gasteiger partial charge in [0, 0.05) is 21.9 Å². The summed E-state index contributed by atoms with van der Waals surface area (Å²) in [5.41, 5.74) is 1.53. The van der Waals surface area contributed by atoms with Gasteiger partial charge in [-0.15, -0.1) is 11.8 Å². The number of pyridine rings is 1. The maximum absolute atomic E-state index is 12.2. The highest BCUT2D eigenvalue weighted by Gasteiger charge is 2.23. The molecule has 0 radical (unpaired) electrons. The van der Waals surface area contributed by atoms with Gasteiger partial charge in [0.2, 0.25) is 0 Å². The SMILES string of the molecule is O=C(N[C@@H]1CCSc2ccc(Cl)cc21)c1ccccn1. The smallest absolute Gasteiger partial charge is 0.270 e. The van der Waals surface area contributed by atoms with E-state index in [1.54, 1.807) is 30.1 Å². The van der Waals surface area contributed by atoms with Crippen LogP contribution in [-0.4, -0.2) is 16.6 Å². The Balaban J connectivity index is 1.83. The van der Waals surface area contributed by atoms with E-state index in [9.17, 15) is 4.79 Å². The van der Waals surface area contributed by atoms with Crippen molar-refractivity contribution in [2.24, 2.45) is 0 Å². The van der Waals surface area contributed by atoms with E-state index >= 15 is 0 Å². The maximum Gasteiger partial charge on any atom is 0.270 e. The first-order valence-electron chi connectivity index (χ1n) is 6.38. The zero-order valence-electron chi connectivity index (χ0n) is 10.7. The van der Waals surface area contributed by atoms with Gasteiger partial charge in [0.15, 0.2) is 0 Å². The van der Waals surface area contributed by atoms with Crippen molar-refractivity contribution in [3.63, 3.8) is 0 Å². The van der Waals surface area contributed by atoms with Crippen molar-refractivity contribution >= 4 is 29.3 Å². The number of thioether (sulfide) groups is 1. The molecule has 0 aliphatic carbocycles. The lowest BCUT2D eigenvalue weighted by Gasteiger charge is -2.26. The van der Waals surface area contributed by atoms with Crippen molar-refractivity contribution in [3.05, 3.63) is 58.9 Å². The largest absolute Gasteiger partial charge is 0.344 e. The van der Waals surface area contributed by atoms with Crippen LogP contribution in [0, 0.1) is 0 Å². The van der Waals surface area contributed by atoms with Gasteiger partial charge in [0.25, 0.3) is 5.91 Å². The Morgan fingerprint density at radius 3 is 3.05 bits per heavy atom. The second kappa shape index (κ2) is 5.85. The molecule has 0 saturated heterocycles. The molecule has 20 heavy (non-hydrogen) atoms. The van der Waals surface area contributed by atoms with Crippen molar-refractivity contribution in [2.45, 2.75) is 17.4 Å². The monoisotopic (exact) mass is 304 g/mol. The molecule has 0 unspecified atom stereocenters. The molecule has 3 rings (SSSR count). The number of hydrogen-bond acceptors (Lipinski definition) is 3. The molecule has 0 spiro atoms. The molecule has 0 saturated carbocycles. The number of hydrogen-bond donors (Lipinski definition) is 1. The lowest BCUT2D eigenvalue weighted by atomic mass is 10.0. The number of carbonyl (C=O) groups excluding carboxylic acids is 1. The fourth-order valence-electron chi connectivity index (χ4n) is 2.24. The Morgan fingerprint density at radius 2 is 2.25 bits per heavy atom. The van der Waals surface area contributed by atoms with Gasteiger partial charge < -0.3 is 5.32 Å². The van der Waals surface area contributed by atoms with Crippen LogP contribution in [0.3, 0.4) is 0 Å². The molecule has 0 bridgehead atoms. The maximum atomic E-state index is 12.2. The van der Waals surface area contributed by atoms with E-state index in [4.69, 9.17) is 11.6 Å². The highest BCUT2D eigenvalue weighted by atomic mass is 35.5. The third-order valence-electron chi connectivity index (χ3n) is 3.21. The minimum absolute atomic E-state index is 0.000504. The lowest BCUT2D eigenvalue weighted by Crippen LogP contribution is -2.31. The summed E-state index contributed by atoms with van der Waals surface area (Å²) in [7, 11) is 0. The number of benzene rings is 1. The van der Waals surface area contributed by atoms with Crippen LogP contribution in [-0.2, 0) is 0 Å². The average molecular weight is 305 g/mol. The molecular weight excluding hydrogens is 292 g/mol. The number of aromatic nitrogens is 1. The Labute approximate surface area is 126 Å². The van der Waals surface area contributed by atoms with Gasteiger partial charge in [0.1, 0.15) is 5.69 Å². The van der Waals surface area contributed by atoms with Gasteiger partial charge in [-0.1, -0.05) is 17.7 Å². The molecule has 3 nitrogen and oxygen atoms in total. The zero-order chi connectivity index (χ0) is 13.9. The quantitative estimate of drug-likeness (QED) is 0.920. The molecule has 5 heteroatoms. The molecule has 1 atom stereocenters. The van der Waals surface area contributed by atoms with Crippen molar-refractivity contribution in [1.82, 2.24) is 10.3 Å². The number of halogens is 1. The molecule has 2 heterocycles. The normalized spacial score (nSPS) is 17.4. The van der Waals surface area contributed by atoms with Crippen LogP contribution in [0.2, 0.25) is 5.02 Å². The van der Waals surface area contributed by atoms with Crippen LogP contribution < -0.4 is 5.32 Å². The fraction of sp³-hybridized carbons (Fsp3) is 0.200.